The van der Waals surface area contributed by atoms with Gasteiger partial charge in [0.05, 0.1) is 22.2 Å². The average Bonchev–Trinajstić information content (AvgIpc) is 3.06. The molecule has 1 unspecified atom stereocenters. The quantitative estimate of drug-likeness (QED) is 0.532. The predicted octanol–water partition coefficient (Wildman–Crippen LogP) is 3.84. The second-order valence-corrected chi connectivity index (χ2v) is 10.7. The Labute approximate surface area is 191 Å². The van der Waals surface area contributed by atoms with Crippen molar-refractivity contribution >= 4 is 48.9 Å². The van der Waals surface area contributed by atoms with Gasteiger partial charge in [0.2, 0.25) is 10.0 Å². The van der Waals surface area contributed by atoms with Crippen LogP contribution < -0.4 is 19.2 Å². The Morgan fingerprint density at radius 1 is 1.19 bits per heavy atom. The molecule has 3 aromatic rings. The van der Waals surface area contributed by atoms with Crippen LogP contribution in [0.3, 0.4) is 0 Å². The van der Waals surface area contributed by atoms with Crippen molar-refractivity contribution in [3.8, 4) is 5.75 Å². The molecule has 0 aliphatic carbocycles. The Balaban J connectivity index is 1.73. The van der Waals surface area contributed by atoms with Crippen molar-refractivity contribution in [1.29, 1.82) is 0 Å². The van der Waals surface area contributed by atoms with E-state index in [9.17, 15) is 18.0 Å². The van der Waals surface area contributed by atoms with Crippen LogP contribution in [0.15, 0.2) is 47.3 Å². The molecule has 1 amide bonds. The third kappa shape index (κ3) is 5.13. The van der Waals surface area contributed by atoms with E-state index in [0.717, 1.165) is 32.1 Å². The summed E-state index contributed by atoms with van der Waals surface area (Å²) in [6.45, 7) is 5.75. The molecule has 8 nitrogen and oxygen atoms in total. The maximum atomic E-state index is 12.8. The Bertz CT molecular complexity index is 1280. The molecular formula is C22H27N3O5S2. The topological polar surface area (TPSA) is 97.7 Å². The standard InChI is InChI=1S/C22H27N3O5S2/c1-6-19(30-17-10-8-16(9-11-17)24(4)32(5,28)29)21(26)23-15-7-12-18-20(13-15)31-22(27)25(18)14(2)3/h7-14,19H,6H2,1-5H3,(H,23,26). The fourth-order valence-electron chi connectivity index (χ4n) is 3.24. The number of fused-ring (bicyclic) bond motifs is 1. The minimum absolute atomic E-state index is 0.0294. The van der Waals surface area contributed by atoms with Crippen LogP contribution in [-0.2, 0) is 14.8 Å². The van der Waals surface area contributed by atoms with E-state index in [1.165, 1.54) is 7.05 Å². The molecule has 10 heteroatoms. The summed E-state index contributed by atoms with van der Waals surface area (Å²) in [5.41, 5.74) is 1.93. The van der Waals surface area contributed by atoms with Gasteiger partial charge in [0, 0.05) is 18.8 Å². The fraction of sp³-hybridized carbons (Fsp3) is 0.364. The van der Waals surface area contributed by atoms with Gasteiger partial charge >= 0.3 is 4.87 Å². The van der Waals surface area contributed by atoms with Gasteiger partial charge < -0.3 is 10.1 Å². The highest BCUT2D eigenvalue weighted by Gasteiger charge is 2.20. The maximum absolute atomic E-state index is 12.8. The summed E-state index contributed by atoms with van der Waals surface area (Å²) < 4.78 is 32.9. The Kier molecular flexibility index (Phi) is 6.94. The summed E-state index contributed by atoms with van der Waals surface area (Å²) in [5, 5.41) is 2.86. The van der Waals surface area contributed by atoms with Gasteiger partial charge in [0.25, 0.3) is 5.91 Å². The van der Waals surface area contributed by atoms with E-state index < -0.39 is 16.1 Å². The molecule has 0 saturated carbocycles. The molecular weight excluding hydrogens is 450 g/mol. The fourth-order valence-corrected chi connectivity index (χ4v) is 4.80. The lowest BCUT2D eigenvalue weighted by molar-refractivity contribution is -0.122. The lowest BCUT2D eigenvalue weighted by Crippen LogP contribution is -2.32. The first-order chi connectivity index (χ1) is 15.0. The van der Waals surface area contributed by atoms with E-state index in [4.69, 9.17) is 4.74 Å². The Morgan fingerprint density at radius 2 is 1.84 bits per heavy atom. The van der Waals surface area contributed by atoms with Crippen LogP contribution in [-0.4, -0.2) is 38.3 Å². The van der Waals surface area contributed by atoms with Gasteiger partial charge in [-0.3, -0.25) is 18.5 Å². The normalized spacial score (nSPS) is 12.7. The summed E-state index contributed by atoms with van der Waals surface area (Å²) >= 11 is 1.15. The number of anilines is 2. The van der Waals surface area contributed by atoms with Gasteiger partial charge in [0.15, 0.2) is 6.10 Å². The molecule has 0 spiro atoms. The number of ether oxygens (including phenoxy) is 1. The molecule has 0 radical (unpaired) electrons. The second-order valence-electron chi connectivity index (χ2n) is 7.74. The summed E-state index contributed by atoms with van der Waals surface area (Å²) in [6, 6.07) is 12.0. The molecule has 1 N–H and O–H groups in total. The Hall–Kier alpha value is -2.85. The smallest absolute Gasteiger partial charge is 0.308 e. The number of nitrogens with one attached hydrogen (secondary N) is 1. The SMILES string of the molecule is CCC(Oc1ccc(N(C)S(C)(=O)=O)cc1)C(=O)Nc1ccc2c(c1)sc(=O)n2C(C)C. The van der Waals surface area contributed by atoms with Crippen molar-refractivity contribution in [2.24, 2.45) is 0 Å². The van der Waals surface area contributed by atoms with E-state index in [-0.39, 0.29) is 16.8 Å². The minimum Gasteiger partial charge on any atom is -0.481 e. The Morgan fingerprint density at radius 3 is 2.41 bits per heavy atom. The zero-order valence-electron chi connectivity index (χ0n) is 18.7. The van der Waals surface area contributed by atoms with Gasteiger partial charge in [-0.1, -0.05) is 18.3 Å². The molecule has 3 rings (SSSR count). The van der Waals surface area contributed by atoms with Crippen molar-refractivity contribution < 1.29 is 17.9 Å². The number of rotatable bonds is 8. The predicted molar refractivity (Wildman–Crippen MR) is 129 cm³/mol. The zero-order chi connectivity index (χ0) is 23.6. The number of hydrogen-bond donors (Lipinski definition) is 1. The monoisotopic (exact) mass is 477 g/mol. The van der Waals surface area contributed by atoms with E-state index in [0.29, 0.717) is 23.5 Å². The van der Waals surface area contributed by atoms with Crippen molar-refractivity contribution in [1.82, 2.24) is 4.57 Å². The number of nitrogens with zero attached hydrogens (tertiary/aromatic N) is 2. The molecule has 172 valence electrons. The first-order valence-electron chi connectivity index (χ1n) is 10.2. The molecule has 0 fully saturated rings. The zero-order valence-corrected chi connectivity index (χ0v) is 20.3. The van der Waals surface area contributed by atoms with Crippen LogP contribution in [0.1, 0.15) is 33.2 Å². The van der Waals surface area contributed by atoms with Crippen molar-refractivity contribution in [3.63, 3.8) is 0 Å². The number of thiazole rings is 1. The summed E-state index contributed by atoms with van der Waals surface area (Å²) in [5.74, 6) is 0.153. The number of carbonyl (C=O) groups excluding carboxylic acids is 1. The third-order valence-electron chi connectivity index (χ3n) is 5.04. The lowest BCUT2D eigenvalue weighted by atomic mass is 10.2. The van der Waals surface area contributed by atoms with Gasteiger partial charge in [0.1, 0.15) is 5.75 Å². The van der Waals surface area contributed by atoms with Crippen LogP contribution in [0.25, 0.3) is 10.2 Å². The second kappa shape index (κ2) is 9.33. The van der Waals surface area contributed by atoms with Crippen LogP contribution in [0, 0.1) is 0 Å². The number of benzene rings is 2. The largest absolute Gasteiger partial charge is 0.481 e. The summed E-state index contributed by atoms with van der Waals surface area (Å²) in [4.78, 5) is 25.0. The van der Waals surface area contributed by atoms with E-state index in [1.807, 2.05) is 26.8 Å². The number of aromatic nitrogens is 1. The molecule has 0 aliphatic rings. The lowest BCUT2D eigenvalue weighted by Gasteiger charge is -2.19. The van der Waals surface area contributed by atoms with Crippen LogP contribution in [0.2, 0.25) is 0 Å². The number of amides is 1. The van der Waals surface area contributed by atoms with Gasteiger partial charge in [-0.05, 0) is 62.7 Å². The van der Waals surface area contributed by atoms with Crippen LogP contribution >= 0.6 is 11.3 Å². The van der Waals surface area contributed by atoms with Crippen LogP contribution in [0.4, 0.5) is 11.4 Å². The molecule has 0 bridgehead atoms. The average molecular weight is 478 g/mol. The molecule has 2 aromatic carbocycles. The maximum Gasteiger partial charge on any atom is 0.308 e. The van der Waals surface area contributed by atoms with Gasteiger partial charge in [-0.15, -0.1) is 0 Å². The molecule has 32 heavy (non-hydrogen) atoms. The van der Waals surface area contributed by atoms with Crippen molar-refractivity contribution in [2.75, 3.05) is 22.9 Å². The first-order valence-corrected chi connectivity index (χ1v) is 12.8. The molecule has 1 heterocycles. The van der Waals surface area contributed by atoms with E-state index >= 15 is 0 Å². The minimum atomic E-state index is -3.36. The van der Waals surface area contributed by atoms with Crippen LogP contribution in [0.5, 0.6) is 5.75 Å². The summed E-state index contributed by atoms with van der Waals surface area (Å²) in [7, 11) is -1.89. The molecule has 0 aliphatic heterocycles. The third-order valence-corrected chi connectivity index (χ3v) is 7.16. The first kappa shape index (κ1) is 23.8. The molecule has 1 aromatic heterocycles. The van der Waals surface area contributed by atoms with Crippen molar-refractivity contribution in [3.05, 3.63) is 52.1 Å². The number of carbonyl (C=O) groups is 1. The number of hydrogen-bond acceptors (Lipinski definition) is 6. The van der Waals surface area contributed by atoms with E-state index in [1.54, 1.807) is 41.0 Å². The van der Waals surface area contributed by atoms with Crippen molar-refractivity contribution in [2.45, 2.75) is 39.3 Å². The highest BCUT2D eigenvalue weighted by Crippen LogP contribution is 2.25. The number of sulfonamides is 1. The van der Waals surface area contributed by atoms with Gasteiger partial charge in [-0.25, -0.2) is 8.42 Å². The van der Waals surface area contributed by atoms with Gasteiger partial charge in [-0.2, -0.15) is 0 Å². The van der Waals surface area contributed by atoms with E-state index in [2.05, 4.69) is 5.32 Å². The molecule has 0 saturated heterocycles. The highest BCUT2D eigenvalue weighted by atomic mass is 32.2. The summed E-state index contributed by atoms with van der Waals surface area (Å²) in [6.07, 6.45) is 0.835. The molecule has 1 atom stereocenters. The highest BCUT2D eigenvalue weighted by molar-refractivity contribution is 7.92.